The van der Waals surface area contributed by atoms with E-state index in [1.807, 2.05) is 13.0 Å². The Morgan fingerprint density at radius 3 is 2.32 bits per heavy atom. The first-order valence-corrected chi connectivity index (χ1v) is 8.23. The molecule has 2 aromatic rings. The van der Waals surface area contributed by atoms with Crippen molar-refractivity contribution < 1.29 is 19.3 Å². The molecule has 0 unspecified atom stereocenters. The van der Waals surface area contributed by atoms with Gasteiger partial charge in [0.1, 0.15) is 17.3 Å². The first-order valence-electron chi connectivity index (χ1n) is 8.23. The summed E-state index contributed by atoms with van der Waals surface area (Å²) in [6.07, 6.45) is 3.78. The van der Waals surface area contributed by atoms with Gasteiger partial charge in [0.05, 0.1) is 6.61 Å². The van der Waals surface area contributed by atoms with Gasteiger partial charge in [0, 0.05) is 12.7 Å². The first kappa shape index (κ1) is 22.7. The lowest BCUT2D eigenvalue weighted by molar-refractivity contribution is 0.309. The molecule has 0 aliphatic rings. The molecule has 4 heteroatoms. The summed E-state index contributed by atoms with van der Waals surface area (Å²) in [7, 11) is 1.00. The van der Waals surface area contributed by atoms with Gasteiger partial charge in [-0.05, 0) is 55.7 Å². The van der Waals surface area contributed by atoms with Gasteiger partial charge >= 0.3 is 0 Å². The highest BCUT2D eigenvalue weighted by Crippen LogP contribution is 2.23. The first-order chi connectivity index (χ1) is 12.0. The van der Waals surface area contributed by atoms with E-state index in [2.05, 4.69) is 13.5 Å². The van der Waals surface area contributed by atoms with E-state index in [1.165, 1.54) is 6.07 Å². The van der Waals surface area contributed by atoms with Crippen molar-refractivity contribution in [2.45, 2.75) is 33.6 Å². The van der Waals surface area contributed by atoms with Crippen LogP contribution in [-0.2, 0) is 0 Å². The number of halogens is 1. The average molecular weight is 348 g/mol. The van der Waals surface area contributed by atoms with Gasteiger partial charge < -0.3 is 14.9 Å². The summed E-state index contributed by atoms with van der Waals surface area (Å²) in [5.41, 5.74) is 2.39. The van der Waals surface area contributed by atoms with Crippen molar-refractivity contribution in [1.29, 1.82) is 0 Å². The minimum atomic E-state index is -0.116. The predicted octanol–water partition coefficient (Wildman–Crippen LogP) is 5.27. The summed E-state index contributed by atoms with van der Waals surface area (Å²) in [6.45, 7) is 10.1. The number of aromatic hydroxyl groups is 1. The van der Waals surface area contributed by atoms with E-state index in [0.717, 1.165) is 37.9 Å². The van der Waals surface area contributed by atoms with Gasteiger partial charge in [-0.25, -0.2) is 4.39 Å². The Hall–Kier alpha value is -2.33. The van der Waals surface area contributed by atoms with Gasteiger partial charge in [-0.2, -0.15) is 0 Å². The lowest BCUT2D eigenvalue weighted by Gasteiger charge is -2.06. The zero-order valence-corrected chi connectivity index (χ0v) is 15.6. The number of phenols is 1. The van der Waals surface area contributed by atoms with Crippen LogP contribution >= 0.6 is 0 Å². The third-order valence-corrected chi connectivity index (χ3v) is 3.31. The molecule has 0 heterocycles. The number of hydrogen-bond donors (Lipinski definition) is 2. The highest BCUT2D eigenvalue weighted by molar-refractivity contribution is 5.57. The molecule has 0 radical (unpaired) electrons. The van der Waals surface area contributed by atoms with Crippen molar-refractivity contribution in [3.63, 3.8) is 0 Å². The molecule has 0 atom stereocenters. The third-order valence-electron chi connectivity index (χ3n) is 3.31. The quantitative estimate of drug-likeness (QED) is 0.724. The number of benzene rings is 2. The van der Waals surface area contributed by atoms with Crippen LogP contribution in [0.3, 0.4) is 0 Å². The van der Waals surface area contributed by atoms with E-state index < -0.39 is 0 Å². The van der Waals surface area contributed by atoms with E-state index in [-0.39, 0.29) is 11.6 Å². The van der Waals surface area contributed by atoms with Crippen molar-refractivity contribution in [3.8, 4) is 11.5 Å². The van der Waals surface area contributed by atoms with E-state index in [9.17, 15) is 9.50 Å². The molecule has 0 amide bonds. The highest BCUT2D eigenvalue weighted by Gasteiger charge is 1.99. The number of aliphatic hydroxyl groups is 1. The number of ether oxygens (including phenoxy) is 1. The Labute approximate surface area is 150 Å². The van der Waals surface area contributed by atoms with Gasteiger partial charge in [-0.3, -0.25) is 0 Å². The minimum absolute atomic E-state index is 0.116. The number of phenolic OH excluding ortho intramolecular Hbond substituents is 1. The second kappa shape index (κ2) is 13.0. The number of unbranched alkanes of at least 4 members (excludes halogenated alkanes) is 1. The third kappa shape index (κ3) is 8.91. The molecule has 0 bridgehead atoms. The minimum Gasteiger partial charge on any atom is -0.507 e. The summed E-state index contributed by atoms with van der Waals surface area (Å²) < 4.78 is 18.1. The van der Waals surface area contributed by atoms with Gasteiger partial charge in [-0.15, -0.1) is 0 Å². The van der Waals surface area contributed by atoms with Crippen LogP contribution < -0.4 is 4.74 Å². The average Bonchev–Trinajstić information content (AvgIpc) is 2.62. The fraction of sp³-hybridized carbons (Fsp3) is 0.333. The predicted molar refractivity (Wildman–Crippen MR) is 103 cm³/mol. The smallest absolute Gasteiger partial charge is 0.126 e. The number of rotatable bonds is 5. The van der Waals surface area contributed by atoms with Crippen LogP contribution in [0.1, 0.15) is 36.5 Å². The van der Waals surface area contributed by atoms with E-state index in [0.29, 0.717) is 11.1 Å². The number of aryl methyl sites for hydroxylation is 2. The lowest BCUT2D eigenvalue weighted by Crippen LogP contribution is -1.96. The highest BCUT2D eigenvalue weighted by atomic mass is 19.1. The molecule has 25 heavy (non-hydrogen) atoms. The Kier molecular flexibility index (Phi) is 11.8. The largest absolute Gasteiger partial charge is 0.507 e. The Bertz CT molecular complexity index is 639. The van der Waals surface area contributed by atoms with E-state index in [4.69, 9.17) is 9.84 Å². The van der Waals surface area contributed by atoms with E-state index >= 15 is 0 Å². The molecule has 0 aliphatic carbocycles. The topological polar surface area (TPSA) is 49.7 Å². The van der Waals surface area contributed by atoms with Gasteiger partial charge in [-0.1, -0.05) is 38.1 Å². The summed E-state index contributed by atoms with van der Waals surface area (Å²) in [4.78, 5) is 0. The number of hydrogen-bond acceptors (Lipinski definition) is 3. The van der Waals surface area contributed by atoms with Crippen molar-refractivity contribution in [1.82, 2.24) is 0 Å². The Morgan fingerprint density at radius 2 is 1.80 bits per heavy atom. The fourth-order valence-corrected chi connectivity index (χ4v) is 1.82. The molecule has 2 N–H and O–H groups in total. The number of aliphatic hydroxyl groups excluding tert-OH is 1. The second-order valence-electron chi connectivity index (χ2n) is 5.38. The molecule has 2 aromatic carbocycles. The van der Waals surface area contributed by atoms with Crippen LogP contribution in [0.5, 0.6) is 11.5 Å². The molecule has 0 spiro atoms. The molecule has 2 rings (SSSR count). The lowest BCUT2D eigenvalue weighted by atomic mass is 10.2. The molecule has 0 aliphatic heterocycles. The molecule has 0 aromatic heterocycles. The van der Waals surface area contributed by atoms with Crippen LogP contribution in [0.15, 0.2) is 43.0 Å². The van der Waals surface area contributed by atoms with E-state index in [1.54, 1.807) is 37.3 Å². The summed E-state index contributed by atoms with van der Waals surface area (Å²) >= 11 is 0. The van der Waals surface area contributed by atoms with Crippen LogP contribution in [-0.4, -0.2) is 23.9 Å². The van der Waals surface area contributed by atoms with Crippen molar-refractivity contribution in [2.24, 2.45) is 0 Å². The molecular weight excluding hydrogens is 319 g/mol. The van der Waals surface area contributed by atoms with Crippen LogP contribution in [0.4, 0.5) is 4.39 Å². The summed E-state index contributed by atoms with van der Waals surface area (Å²) in [5.74, 6) is 0.906. The van der Waals surface area contributed by atoms with Gasteiger partial charge in [0.15, 0.2) is 0 Å². The van der Waals surface area contributed by atoms with Gasteiger partial charge in [0.25, 0.3) is 0 Å². The Morgan fingerprint density at radius 1 is 1.12 bits per heavy atom. The molecule has 138 valence electrons. The standard InChI is InChI=1S/C12H16O2.C8H9F.CH4O/c1-3-5-8-14-11-6-7-12(13)10(4-2)9-11;1-6-3-4-7(2)8(9)5-6;1-2/h4,6-7,9,13H,2-3,5,8H2,1H3;3-5H,1-2H3;2H,1H3. The maximum Gasteiger partial charge on any atom is 0.126 e. The van der Waals surface area contributed by atoms with Crippen molar-refractivity contribution in [3.05, 3.63) is 65.5 Å². The summed E-state index contributed by atoms with van der Waals surface area (Å²) in [6, 6.07) is 10.4. The molecule has 3 nitrogen and oxygen atoms in total. The molecule has 0 saturated carbocycles. The van der Waals surface area contributed by atoms with Crippen LogP contribution in [0, 0.1) is 19.7 Å². The molecular formula is C21H29FO3. The Balaban J connectivity index is 0.000000451. The molecule has 0 fully saturated rings. The summed E-state index contributed by atoms with van der Waals surface area (Å²) in [5, 5.41) is 16.4. The van der Waals surface area contributed by atoms with Crippen molar-refractivity contribution >= 4 is 6.08 Å². The second-order valence-corrected chi connectivity index (χ2v) is 5.38. The molecule has 0 saturated heterocycles. The maximum atomic E-state index is 12.6. The zero-order chi connectivity index (χ0) is 19.2. The zero-order valence-electron chi connectivity index (χ0n) is 15.6. The van der Waals surface area contributed by atoms with Gasteiger partial charge in [0.2, 0.25) is 0 Å². The van der Waals surface area contributed by atoms with Crippen LogP contribution in [0.2, 0.25) is 0 Å². The van der Waals surface area contributed by atoms with Crippen molar-refractivity contribution in [2.75, 3.05) is 13.7 Å². The monoisotopic (exact) mass is 348 g/mol. The van der Waals surface area contributed by atoms with Crippen LogP contribution in [0.25, 0.3) is 6.08 Å². The SMILES string of the molecule is C=Cc1cc(OCCCC)ccc1O.CO.Cc1ccc(C)c(F)c1. The normalized spacial score (nSPS) is 9.20. The fourth-order valence-electron chi connectivity index (χ4n) is 1.82. The maximum absolute atomic E-state index is 12.6.